The largest absolute Gasteiger partial charge is 0.497 e. The molecule has 23 heavy (non-hydrogen) atoms. The fraction of sp³-hybridized carbons (Fsp3) is 0.211. The first-order valence-corrected chi connectivity index (χ1v) is 7.61. The normalized spacial score (nSPS) is 10.7. The Bertz CT molecular complexity index is 844. The lowest BCUT2D eigenvalue weighted by molar-refractivity contribution is 0.340. The van der Waals surface area contributed by atoms with Crippen molar-refractivity contribution in [3.63, 3.8) is 0 Å². The van der Waals surface area contributed by atoms with E-state index in [4.69, 9.17) is 22.3 Å². The Morgan fingerprint density at radius 3 is 2.48 bits per heavy atom. The van der Waals surface area contributed by atoms with Gasteiger partial charge in [-0.15, -0.1) is 0 Å². The quantitative estimate of drug-likeness (QED) is 0.692. The molecule has 0 fully saturated rings. The van der Waals surface area contributed by atoms with Crippen LogP contribution in [-0.4, -0.2) is 26.5 Å². The molecule has 3 nitrogen and oxygen atoms in total. The average Bonchev–Trinajstić information content (AvgIpc) is 2.57. The third-order valence-electron chi connectivity index (χ3n) is 3.87. The van der Waals surface area contributed by atoms with Gasteiger partial charge >= 0.3 is 0 Å². The van der Waals surface area contributed by atoms with Crippen molar-refractivity contribution in [1.82, 2.24) is 4.98 Å². The number of pyridine rings is 1. The van der Waals surface area contributed by atoms with Crippen LogP contribution in [0.1, 0.15) is 12.5 Å². The molecule has 0 bridgehead atoms. The maximum Gasteiger partial charge on any atom is 0.122 e. The number of hydrogen-bond acceptors (Lipinski definition) is 3. The van der Waals surface area contributed by atoms with E-state index in [1.807, 2.05) is 43.3 Å². The Morgan fingerprint density at radius 2 is 1.83 bits per heavy atom. The molecule has 0 aliphatic heterocycles. The molecule has 3 aromatic rings. The van der Waals surface area contributed by atoms with Gasteiger partial charge in [0.05, 0.1) is 24.9 Å². The van der Waals surface area contributed by atoms with Crippen LogP contribution in [-0.2, 0) is 0 Å². The molecule has 0 N–H and O–H groups in total. The zero-order valence-electron chi connectivity index (χ0n) is 13.6. The maximum absolute atomic E-state index is 6.20. The second-order valence-corrected chi connectivity index (χ2v) is 5.36. The number of aryl methyl sites for hydroxylation is 1. The number of benzene rings is 2. The predicted molar refractivity (Wildman–Crippen MR) is 95.0 cm³/mol. The zero-order valence-corrected chi connectivity index (χ0v) is 13.6. The molecule has 0 spiro atoms. The van der Waals surface area contributed by atoms with Crippen LogP contribution in [0.5, 0.6) is 11.5 Å². The molecule has 0 saturated carbocycles. The van der Waals surface area contributed by atoms with Crippen LogP contribution in [0.25, 0.3) is 22.2 Å². The molecule has 0 aliphatic carbocycles. The number of hydrogen-bond donors (Lipinski definition) is 0. The highest BCUT2D eigenvalue weighted by Crippen LogP contribution is 2.26. The monoisotopic (exact) mass is 303 g/mol. The minimum absolute atomic E-state index is 0.570. The molecule has 2 aromatic carbocycles. The number of fused-ring (bicyclic) bond motifs is 1. The Labute approximate surface area is 137 Å². The summed E-state index contributed by atoms with van der Waals surface area (Å²) in [7, 11) is 7.81. The first-order chi connectivity index (χ1) is 11.1. The summed E-state index contributed by atoms with van der Waals surface area (Å²) in [5, 5.41) is 1.04. The van der Waals surface area contributed by atoms with Gasteiger partial charge in [-0.25, -0.2) is 4.98 Å². The Balaban J connectivity index is 2.12. The summed E-state index contributed by atoms with van der Waals surface area (Å²) in [4.78, 5) is 4.74. The summed E-state index contributed by atoms with van der Waals surface area (Å²) < 4.78 is 10.8. The van der Waals surface area contributed by atoms with Crippen LogP contribution in [0.2, 0.25) is 0 Å². The predicted octanol–water partition coefficient (Wildman–Crippen LogP) is 3.41. The van der Waals surface area contributed by atoms with Crippen molar-refractivity contribution in [2.24, 2.45) is 0 Å². The van der Waals surface area contributed by atoms with Crippen LogP contribution < -0.4 is 14.9 Å². The van der Waals surface area contributed by atoms with E-state index in [-0.39, 0.29) is 0 Å². The fourth-order valence-corrected chi connectivity index (χ4v) is 2.68. The number of nitrogens with zero attached hydrogens (tertiary/aromatic N) is 1. The SMILES string of the molecule is [B]c1c(OC)ccc2c(C)cc(-c3ccc(OCC)cc3)nc12. The number of aromatic nitrogens is 1. The molecule has 0 saturated heterocycles. The van der Waals surface area contributed by atoms with Crippen molar-refractivity contribution in [2.45, 2.75) is 13.8 Å². The second kappa shape index (κ2) is 6.33. The smallest absolute Gasteiger partial charge is 0.122 e. The molecule has 114 valence electrons. The number of rotatable bonds is 4. The third kappa shape index (κ3) is 2.89. The van der Waals surface area contributed by atoms with E-state index in [2.05, 4.69) is 13.0 Å². The molecule has 4 heteroatoms. The van der Waals surface area contributed by atoms with E-state index < -0.39 is 0 Å². The van der Waals surface area contributed by atoms with Gasteiger partial charge in [-0.1, -0.05) is 0 Å². The van der Waals surface area contributed by atoms with Gasteiger partial charge in [0.25, 0.3) is 0 Å². The van der Waals surface area contributed by atoms with E-state index in [0.29, 0.717) is 17.8 Å². The average molecular weight is 303 g/mol. The standard InChI is InChI=1S/C19H18BNO2/c1-4-23-14-7-5-13(6-8-14)16-11-12(2)15-9-10-17(22-3)18(20)19(15)21-16/h5-11H,4H2,1-3H3. The Hall–Kier alpha value is -2.49. The second-order valence-electron chi connectivity index (χ2n) is 5.36. The molecule has 3 rings (SSSR count). The van der Waals surface area contributed by atoms with Gasteiger partial charge in [0.2, 0.25) is 0 Å². The lowest BCUT2D eigenvalue weighted by Gasteiger charge is -2.12. The van der Waals surface area contributed by atoms with E-state index >= 15 is 0 Å². The van der Waals surface area contributed by atoms with Crippen molar-refractivity contribution in [1.29, 1.82) is 0 Å². The lowest BCUT2D eigenvalue weighted by atomic mass is 9.90. The molecule has 0 aliphatic rings. The zero-order chi connectivity index (χ0) is 16.4. The van der Waals surface area contributed by atoms with Crippen molar-refractivity contribution in [3.8, 4) is 22.8 Å². The van der Waals surface area contributed by atoms with Gasteiger partial charge in [-0.2, -0.15) is 0 Å². The molecule has 1 heterocycles. The van der Waals surface area contributed by atoms with Crippen LogP contribution in [0.3, 0.4) is 0 Å². The van der Waals surface area contributed by atoms with Gasteiger partial charge < -0.3 is 9.47 Å². The van der Waals surface area contributed by atoms with Crippen LogP contribution >= 0.6 is 0 Å². The Kier molecular flexibility index (Phi) is 4.24. The third-order valence-corrected chi connectivity index (χ3v) is 3.87. The highest BCUT2D eigenvalue weighted by Gasteiger charge is 2.10. The van der Waals surface area contributed by atoms with Crippen LogP contribution in [0.15, 0.2) is 42.5 Å². The summed E-state index contributed by atoms with van der Waals surface area (Å²) >= 11 is 0. The highest BCUT2D eigenvalue weighted by atomic mass is 16.5. The molecule has 0 unspecified atom stereocenters. The molecule has 2 radical (unpaired) electrons. The van der Waals surface area contributed by atoms with Crippen LogP contribution in [0, 0.1) is 6.92 Å². The molecule has 0 amide bonds. The number of methoxy groups -OCH3 is 1. The summed E-state index contributed by atoms with van der Waals surface area (Å²) in [5.74, 6) is 1.50. The minimum Gasteiger partial charge on any atom is -0.497 e. The minimum atomic E-state index is 0.570. The molecular weight excluding hydrogens is 285 g/mol. The van der Waals surface area contributed by atoms with Crippen molar-refractivity contribution < 1.29 is 9.47 Å². The van der Waals surface area contributed by atoms with Crippen molar-refractivity contribution in [3.05, 3.63) is 48.0 Å². The Morgan fingerprint density at radius 1 is 1.09 bits per heavy atom. The van der Waals surface area contributed by atoms with Crippen molar-refractivity contribution in [2.75, 3.05) is 13.7 Å². The fourth-order valence-electron chi connectivity index (χ4n) is 2.68. The topological polar surface area (TPSA) is 31.4 Å². The first-order valence-electron chi connectivity index (χ1n) is 7.61. The first kappa shape index (κ1) is 15.4. The van der Waals surface area contributed by atoms with Gasteiger partial charge in [-0.3, -0.25) is 0 Å². The summed E-state index contributed by atoms with van der Waals surface area (Å²) in [5.41, 5.74) is 4.39. The molecular formula is C19H18BNO2. The van der Waals surface area contributed by atoms with Gasteiger partial charge in [0, 0.05) is 10.9 Å². The van der Waals surface area contributed by atoms with E-state index in [0.717, 1.165) is 33.5 Å². The highest BCUT2D eigenvalue weighted by molar-refractivity contribution is 6.40. The van der Waals surface area contributed by atoms with Gasteiger partial charge in [0.1, 0.15) is 19.3 Å². The summed E-state index contributed by atoms with van der Waals surface area (Å²) in [6.45, 7) is 4.69. The number of ether oxygens (including phenoxy) is 2. The van der Waals surface area contributed by atoms with E-state index in [9.17, 15) is 0 Å². The van der Waals surface area contributed by atoms with Crippen molar-refractivity contribution >= 4 is 24.2 Å². The molecule has 1 aromatic heterocycles. The van der Waals surface area contributed by atoms with E-state index in [1.54, 1.807) is 7.11 Å². The summed E-state index contributed by atoms with van der Waals surface area (Å²) in [6, 6.07) is 13.9. The summed E-state index contributed by atoms with van der Waals surface area (Å²) in [6.07, 6.45) is 0. The van der Waals surface area contributed by atoms with Gasteiger partial charge in [-0.05, 0) is 67.3 Å². The van der Waals surface area contributed by atoms with Crippen LogP contribution in [0.4, 0.5) is 0 Å². The molecule has 0 atom stereocenters. The lowest BCUT2D eigenvalue weighted by Crippen LogP contribution is -2.10. The maximum atomic E-state index is 6.20. The van der Waals surface area contributed by atoms with Gasteiger partial charge in [0.15, 0.2) is 0 Å². The van der Waals surface area contributed by atoms with E-state index in [1.165, 1.54) is 0 Å².